The van der Waals surface area contributed by atoms with Gasteiger partial charge in [0.1, 0.15) is 5.69 Å². The third kappa shape index (κ3) is 3.72. The Morgan fingerprint density at radius 2 is 1.69 bits per heavy atom. The fourth-order valence-electron chi connectivity index (χ4n) is 3.80. The predicted octanol–water partition coefficient (Wildman–Crippen LogP) is 3.87. The average molecular weight is 393 g/mol. The van der Waals surface area contributed by atoms with E-state index in [0.717, 1.165) is 36.9 Å². The van der Waals surface area contributed by atoms with Crippen LogP contribution in [0.25, 0.3) is 22.6 Å². The van der Waals surface area contributed by atoms with Crippen LogP contribution in [0.3, 0.4) is 0 Å². The van der Waals surface area contributed by atoms with E-state index in [1.807, 2.05) is 43.3 Å². The first-order chi connectivity index (χ1) is 13.9. The Morgan fingerprint density at radius 3 is 2.34 bits per heavy atom. The van der Waals surface area contributed by atoms with Crippen LogP contribution < -0.4 is 16.2 Å². The van der Waals surface area contributed by atoms with Crippen molar-refractivity contribution in [1.82, 2.24) is 14.5 Å². The van der Waals surface area contributed by atoms with E-state index in [-0.39, 0.29) is 23.1 Å². The van der Waals surface area contributed by atoms with Gasteiger partial charge in [0.05, 0.1) is 0 Å². The first-order valence-corrected chi connectivity index (χ1v) is 9.77. The Hall–Kier alpha value is -3.22. The molecule has 150 valence electrons. The predicted molar refractivity (Wildman–Crippen MR) is 113 cm³/mol. The van der Waals surface area contributed by atoms with Crippen LogP contribution in [0.15, 0.2) is 47.4 Å². The fourth-order valence-corrected chi connectivity index (χ4v) is 3.80. The van der Waals surface area contributed by atoms with Crippen molar-refractivity contribution in [3.8, 4) is 22.6 Å². The summed E-state index contributed by atoms with van der Waals surface area (Å²) in [4.78, 5) is 22.9. The number of nitrogens with two attached hydrogens (primary N) is 1. The van der Waals surface area contributed by atoms with Crippen molar-refractivity contribution in [2.45, 2.75) is 31.7 Å². The number of aromatic nitrogens is 3. The molecule has 7 heteroatoms. The second kappa shape index (κ2) is 7.66. The Kier molecular flexibility index (Phi) is 5.05. The molecule has 0 atom stereocenters. The van der Waals surface area contributed by atoms with E-state index in [2.05, 4.69) is 9.97 Å². The van der Waals surface area contributed by atoms with Crippen LogP contribution in [0.1, 0.15) is 31.7 Å². The van der Waals surface area contributed by atoms with Gasteiger partial charge < -0.3 is 15.2 Å². The van der Waals surface area contributed by atoms with Gasteiger partial charge in [0.25, 0.3) is 5.56 Å². The van der Waals surface area contributed by atoms with Crippen molar-refractivity contribution in [3.05, 3.63) is 58.8 Å². The van der Waals surface area contributed by atoms with Gasteiger partial charge in [-0.25, -0.2) is 14.4 Å². The molecule has 0 aliphatic heterocycles. The summed E-state index contributed by atoms with van der Waals surface area (Å²) < 4.78 is 16.5. The quantitative estimate of drug-likeness (QED) is 0.728. The van der Waals surface area contributed by atoms with Crippen molar-refractivity contribution in [3.63, 3.8) is 0 Å². The van der Waals surface area contributed by atoms with Gasteiger partial charge in [0.2, 0.25) is 0 Å². The molecule has 6 nitrogen and oxygen atoms in total. The number of rotatable bonds is 4. The number of nitrogens with zero attached hydrogens (tertiary/aromatic N) is 4. The van der Waals surface area contributed by atoms with Gasteiger partial charge in [-0.2, -0.15) is 0 Å². The second-order valence-electron chi connectivity index (χ2n) is 7.64. The highest BCUT2D eigenvalue weighted by Crippen LogP contribution is 2.31. The summed E-state index contributed by atoms with van der Waals surface area (Å²) >= 11 is 0. The largest absolute Gasteiger partial charge is 0.381 e. The zero-order valence-electron chi connectivity index (χ0n) is 16.6. The Balaban J connectivity index is 1.78. The highest BCUT2D eigenvalue weighted by Gasteiger charge is 2.20. The van der Waals surface area contributed by atoms with Crippen LogP contribution >= 0.6 is 0 Å². The topological polar surface area (TPSA) is 77.0 Å². The minimum absolute atomic E-state index is 0.0809. The van der Waals surface area contributed by atoms with E-state index < -0.39 is 5.82 Å². The molecule has 3 aromatic rings. The monoisotopic (exact) mass is 393 g/mol. The van der Waals surface area contributed by atoms with E-state index in [1.54, 1.807) is 16.8 Å². The molecule has 1 fully saturated rings. The molecular formula is C22H24FN5O. The molecule has 1 aliphatic carbocycles. The first-order valence-electron chi connectivity index (χ1n) is 9.77. The molecular weight excluding hydrogens is 369 g/mol. The number of anilines is 2. The molecule has 1 aliphatic rings. The normalized spacial score (nSPS) is 14.3. The lowest BCUT2D eigenvalue weighted by Crippen LogP contribution is -2.22. The number of hydrogen-bond donors (Lipinski definition) is 1. The SMILES string of the molecule is CN(C)c1ccc(-c2nc(N)c(F)c(-c3ccc(=O)n(C4CCCC4)c3)n2)cc1. The molecule has 2 aromatic heterocycles. The summed E-state index contributed by atoms with van der Waals surface area (Å²) in [5.74, 6) is -0.529. The van der Waals surface area contributed by atoms with Gasteiger partial charge in [-0.3, -0.25) is 4.79 Å². The van der Waals surface area contributed by atoms with Gasteiger partial charge >= 0.3 is 0 Å². The van der Waals surface area contributed by atoms with Gasteiger partial charge in [0.15, 0.2) is 17.5 Å². The van der Waals surface area contributed by atoms with Crippen LogP contribution in [0.4, 0.5) is 15.9 Å². The molecule has 0 radical (unpaired) electrons. The van der Waals surface area contributed by atoms with Gasteiger partial charge in [0, 0.05) is 49.2 Å². The van der Waals surface area contributed by atoms with E-state index in [9.17, 15) is 9.18 Å². The highest BCUT2D eigenvalue weighted by atomic mass is 19.1. The fraction of sp³-hybridized carbons (Fsp3) is 0.318. The van der Waals surface area contributed by atoms with Crippen molar-refractivity contribution in [1.29, 1.82) is 0 Å². The smallest absolute Gasteiger partial charge is 0.250 e. The lowest BCUT2D eigenvalue weighted by atomic mass is 10.1. The Labute approximate surface area is 168 Å². The number of benzene rings is 1. The maximum absolute atomic E-state index is 14.8. The molecule has 4 rings (SSSR count). The summed E-state index contributed by atoms with van der Waals surface area (Å²) in [6.45, 7) is 0. The maximum Gasteiger partial charge on any atom is 0.250 e. The molecule has 1 aromatic carbocycles. The van der Waals surface area contributed by atoms with Crippen LogP contribution in [0, 0.1) is 5.82 Å². The van der Waals surface area contributed by atoms with Crippen molar-refractivity contribution >= 4 is 11.5 Å². The summed E-state index contributed by atoms with van der Waals surface area (Å²) in [6.07, 6.45) is 5.82. The van der Waals surface area contributed by atoms with Crippen molar-refractivity contribution in [2.75, 3.05) is 24.7 Å². The summed E-state index contributed by atoms with van der Waals surface area (Å²) in [5, 5.41) is 0. The third-order valence-electron chi connectivity index (χ3n) is 5.45. The number of nitrogen functional groups attached to an aromatic ring is 1. The Bertz CT molecular complexity index is 1090. The zero-order chi connectivity index (χ0) is 20.5. The van der Waals surface area contributed by atoms with Crippen LogP contribution in [0.5, 0.6) is 0 Å². The van der Waals surface area contributed by atoms with Gasteiger partial charge in [-0.15, -0.1) is 0 Å². The molecule has 29 heavy (non-hydrogen) atoms. The van der Waals surface area contributed by atoms with Crippen LogP contribution in [0.2, 0.25) is 0 Å². The standard InChI is InChI=1S/C22H24FN5O/c1-27(2)16-10-7-14(8-11-16)22-25-20(19(23)21(24)26-22)15-9-12-18(29)28(13-15)17-5-3-4-6-17/h7-13,17H,3-6H2,1-2H3,(H2,24,25,26). The molecule has 0 saturated heterocycles. The van der Waals surface area contributed by atoms with E-state index in [4.69, 9.17) is 5.73 Å². The molecule has 0 amide bonds. The second-order valence-corrected chi connectivity index (χ2v) is 7.64. The number of pyridine rings is 1. The summed E-state index contributed by atoms with van der Waals surface area (Å²) in [7, 11) is 3.91. The summed E-state index contributed by atoms with van der Waals surface area (Å²) in [5.41, 5.74) is 8.19. The molecule has 1 saturated carbocycles. The maximum atomic E-state index is 14.8. The third-order valence-corrected chi connectivity index (χ3v) is 5.45. The van der Waals surface area contributed by atoms with Gasteiger partial charge in [-0.05, 0) is 43.2 Å². The lowest BCUT2D eigenvalue weighted by molar-refractivity contribution is 0.503. The van der Waals surface area contributed by atoms with Gasteiger partial charge in [-0.1, -0.05) is 12.8 Å². The van der Waals surface area contributed by atoms with Crippen LogP contribution in [-0.2, 0) is 0 Å². The van der Waals surface area contributed by atoms with E-state index in [1.165, 1.54) is 6.07 Å². The Morgan fingerprint density at radius 1 is 1.03 bits per heavy atom. The molecule has 0 unspecified atom stereocenters. The average Bonchev–Trinajstić information content (AvgIpc) is 3.25. The highest BCUT2D eigenvalue weighted by molar-refractivity contribution is 5.68. The first kappa shape index (κ1) is 19.1. The molecule has 0 spiro atoms. The molecule has 2 heterocycles. The van der Waals surface area contributed by atoms with Crippen molar-refractivity contribution in [2.24, 2.45) is 0 Å². The van der Waals surface area contributed by atoms with E-state index in [0.29, 0.717) is 11.4 Å². The minimum Gasteiger partial charge on any atom is -0.381 e. The molecule has 2 N–H and O–H groups in total. The van der Waals surface area contributed by atoms with Crippen LogP contribution in [-0.4, -0.2) is 28.6 Å². The van der Waals surface area contributed by atoms with E-state index >= 15 is 0 Å². The number of halogens is 1. The van der Waals surface area contributed by atoms with Crippen molar-refractivity contribution < 1.29 is 4.39 Å². The molecule has 0 bridgehead atoms. The minimum atomic E-state index is -0.671. The lowest BCUT2D eigenvalue weighted by Gasteiger charge is -2.15. The number of hydrogen-bond acceptors (Lipinski definition) is 5. The zero-order valence-corrected chi connectivity index (χ0v) is 16.6. The summed E-state index contributed by atoms with van der Waals surface area (Å²) in [6, 6.07) is 10.9.